The predicted molar refractivity (Wildman–Crippen MR) is 65.6 cm³/mol. The van der Waals surface area contributed by atoms with Crippen molar-refractivity contribution < 1.29 is 9.52 Å². The van der Waals surface area contributed by atoms with Crippen molar-refractivity contribution in [1.29, 1.82) is 0 Å². The molecular weight excluding hydrogens is 236 g/mol. The number of amides is 1. The highest BCUT2D eigenvalue weighted by molar-refractivity contribution is 7.11. The van der Waals surface area contributed by atoms with Gasteiger partial charge in [0.05, 0.1) is 6.54 Å². The zero-order valence-corrected chi connectivity index (χ0v) is 10.2. The molecule has 4 nitrogen and oxygen atoms in total. The molecule has 2 rings (SSSR count). The van der Waals surface area contributed by atoms with Gasteiger partial charge in [-0.2, -0.15) is 4.73 Å². The number of nitrogens with one attached hydrogen (secondary N) is 1. The summed E-state index contributed by atoms with van der Waals surface area (Å²) >= 11 is 1.65. The maximum absolute atomic E-state index is 11.7. The normalized spacial score (nSPS) is 10.2. The molecule has 0 bridgehead atoms. The van der Waals surface area contributed by atoms with Gasteiger partial charge in [0.25, 0.3) is 5.91 Å². The molecule has 0 aliphatic rings. The summed E-state index contributed by atoms with van der Waals surface area (Å²) in [5.41, 5.74) is 0.371. The van der Waals surface area contributed by atoms with E-state index in [-0.39, 0.29) is 5.91 Å². The summed E-state index contributed by atoms with van der Waals surface area (Å²) in [5.74, 6) is -0.235. The number of nitrogens with zero attached hydrogens (tertiary/aromatic N) is 1. The number of carbonyl (C=O) groups excluding carboxylic acids is 1. The van der Waals surface area contributed by atoms with E-state index in [0.29, 0.717) is 16.8 Å². The molecule has 0 radical (unpaired) electrons. The Kier molecular flexibility index (Phi) is 3.39. The van der Waals surface area contributed by atoms with E-state index in [1.807, 2.05) is 19.1 Å². The summed E-state index contributed by atoms with van der Waals surface area (Å²) < 4.78 is 0.615. The molecule has 0 saturated carbocycles. The van der Waals surface area contributed by atoms with Crippen molar-refractivity contribution in [2.75, 3.05) is 0 Å². The molecule has 2 heterocycles. The Morgan fingerprint density at radius 3 is 2.94 bits per heavy atom. The topological polar surface area (TPSA) is 56.0 Å². The molecule has 17 heavy (non-hydrogen) atoms. The lowest BCUT2D eigenvalue weighted by Crippen LogP contribution is -2.29. The van der Waals surface area contributed by atoms with E-state index in [0.717, 1.165) is 4.88 Å². The third kappa shape index (κ3) is 3.04. The average Bonchev–Trinajstić information content (AvgIpc) is 2.72. The van der Waals surface area contributed by atoms with Crippen LogP contribution in [0.2, 0.25) is 0 Å². The molecule has 1 N–H and O–H groups in total. The minimum atomic E-state index is -0.235. The lowest BCUT2D eigenvalue weighted by molar-refractivity contribution is -0.605. The van der Waals surface area contributed by atoms with Crippen molar-refractivity contribution in [3.05, 3.63) is 57.2 Å². The van der Waals surface area contributed by atoms with Crippen LogP contribution in [0.4, 0.5) is 0 Å². The average molecular weight is 248 g/mol. The van der Waals surface area contributed by atoms with Crippen molar-refractivity contribution in [2.24, 2.45) is 0 Å². The molecule has 0 aliphatic carbocycles. The number of aromatic nitrogens is 1. The van der Waals surface area contributed by atoms with Gasteiger partial charge in [-0.3, -0.25) is 4.79 Å². The Morgan fingerprint density at radius 2 is 2.29 bits per heavy atom. The summed E-state index contributed by atoms with van der Waals surface area (Å²) in [6, 6.07) is 7.17. The highest BCUT2D eigenvalue weighted by atomic mass is 32.1. The number of hydrogen-bond acceptors (Lipinski definition) is 3. The minimum Gasteiger partial charge on any atom is -0.619 e. The Bertz CT molecular complexity index is 537. The second kappa shape index (κ2) is 4.97. The number of pyridine rings is 1. The number of rotatable bonds is 3. The van der Waals surface area contributed by atoms with Gasteiger partial charge < -0.3 is 10.5 Å². The largest absolute Gasteiger partial charge is 0.619 e. The Balaban J connectivity index is 1.98. The smallest absolute Gasteiger partial charge is 0.257 e. The third-order valence-electron chi connectivity index (χ3n) is 2.26. The molecule has 5 heteroatoms. The first-order chi connectivity index (χ1) is 8.15. The lowest BCUT2D eigenvalue weighted by Gasteiger charge is -2.03. The summed E-state index contributed by atoms with van der Waals surface area (Å²) in [4.78, 5) is 14.0. The summed E-state index contributed by atoms with van der Waals surface area (Å²) in [7, 11) is 0. The zero-order valence-electron chi connectivity index (χ0n) is 9.34. The highest BCUT2D eigenvalue weighted by Crippen LogP contribution is 2.14. The maximum Gasteiger partial charge on any atom is 0.257 e. The van der Waals surface area contributed by atoms with Gasteiger partial charge >= 0.3 is 0 Å². The molecule has 0 spiro atoms. The first-order valence-electron chi connectivity index (χ1n) is 5.17. The molecule has 0 unspecified atom stereocenters. The molecule has 0 aliphatic heterocycles. The van der Waals surface area contributed by atoms with Gasteiger partial charge in [-0.25, -0.2) is 0 Å². The minimum absolute atomic E-state index is 0.235. The SMILES string of the molecule is Cc1ccc(CNC(=O)c2ccc[n+]([O-])c2)s1. The van der Waals surface area contributed by atoms with Crippen LogP contribution in [-0.2, 0) is 6.54 Å². The molecule has 2 aromatic heterocycles. The lowest BCUT2D eigenvalue weighted by atomic mass is 10.2. The van der Waals surface area contributed by atoms with Gasteiger partial charge in [-0.1, -0.05) is 0 Å². The fourth-order valence-corrected chi connectivity index (χ4v) is 2.27. The summed E-state index contributed by atoms with van der Waals surface area (Å²) in [6.07, 6.45) is 2.61. The van der Waals surface area contributed by atoms with Gasteiger partial charge in [-0.15, -0.1) is 11.3 Å². The van der Waals surface area contributed by atoms with Crippen LogP contribution in [0.3, 0.4) is 0 Å². The number of thiophene rings is 1. The van der Waals surface area contributed by atoms with E-state index in [2.05, 4.69) is 5.32 Å². The van der Waals surface area contributed by atoms with Crippen LogP contribution in [0, 0.1) is 12.1 Å². The van der Waals surface area contributed by atoms with Crippen LogP contribution in [0.15, 0.2) is 36.7 Å². The van der Waals surface area contributed by atoms with Gasteiger partial charge in [0.15, 0.2) is 12.4 Å². The molecular formula is C12H12N2O2S. The van der Waals surface area contributed by atoms with Crippen molar-refractivity contribution in [3.63, 3.8) is 0 Å². The van der Waals surface area contributed by atoms with Crippen LogP contribution in [0.5, 0.6) is 0 Å². The molecule has 2 aromatic rings. The third-order valence-corrected chi connectivity index (χ3v) is 3.26. The molecule has 1 amide bonds. The van der Waals surface area contributed by atoms with Gasteiger partial charge in [0, 0.05) is 15.8 Å². The Hall–Kier alpha value is -1.88. The van der Waals surface area contributed by atoms with Crippen LogP contribution in [0.25, 0.3) is 0 Å². The molecule has 0 fully saturated rings. The van der Waals surface area contributed by atoms with E-state index in [9.17, 15) is 10.0 Å². The number of aryl methyl sites for hydroxylation is 1. The van der Waals surface area contributed by atoms with Crippen LogP contribution >= 0.6 is 11.3 Å². The summed E-state index contributed by atoms with van der Waals surface area (Å²) in [5, 5.41) is 13.8. The van der Waals surface area contributed by atoms with E-state index in [1.54, 1.807) is 23.5 Å². The monoisotopic (exact) mass is 248 g/mol. The maximum atomic E-state index is 11.7. The van der Waals surface area contributed by atoms with E-state index in [4.69, 9.17) is 0 Å². The van der Waals surface area contributed by atoms with E-state index < -0.39 is 0 Å². The van der Waals surface area contributed by atoms with Crippen LogP contribution in [0.1, 0.15) is 20.1 Å². The first-order valence-corrected chi connectivity index (χ1v) is 5.99. The van der Waals surface area contributed by atoms with Crippen molar-refractivity contribution >= 4 is 17.2 Å². The second-order valence-electron chi connectivity index (χ2n) is 3.65. The standard InChI is InChI=1S/C12H12N2O2S/c1-9-4-5-11(17-9)7-13-12(15)10-3-2-6-14(16)8-10/h2-6,8H,7H2,1H3,(H,13,15). The molecule has 0 aromatic carbocycles. The van der Waals surface area contributed by atoms with E-state index >= 15 is 0 Å². The fourth-order valence-electron chi connectivity index (χ4n) is 1.44. The predicted octanol–water partition coefficient (Wildman–Crippen LogP) is 1.62. The van der Waals surface area contributed by atoms with Crippen molar-refractivity contribution in [3.8, 4) is 0 Å². The van der Waals surface area contributed by atoms with Crippen molar-refractivity contribution in [1.82, 2.24) is 5.32 Å². The Labute approximate surface area is 103 Å². The number of hydrogen-bond donors (Lipinski definition) is 1. The summed E-state index contributed by atoms with van der Waals surface area (Å²) in [6.45, 7) is 2.51. The second-order valence-corrected chi connectivity index (χ2v) is 5.02. The Morgan fingerprint density at radius 1 is 1.47 bits per heavy atom. The zero-order chi connectivity index (χ0) is 12.3. The highest BCUT2D eigenvalue weighted by Gasteiger charge is 2.08. The molecule has 0 atom stereocenters. The number of carbonyl (C=O) groups is 1. The van der Waals surface area contributed by atoms with Gasteiger partial charge in [0.1, 0.15) is 5.56 Å². The van der Waals surface area contributed by atoms with Crippen LogP contribution in [-0.4, -0.2) is 5.91 Å². The molecule has 0 saturated heterocycles. The quantitative estimate of drug-likeness (QED) is 0.663. The van der Waals surface area contributed by atoms with Crippen molar-refractivity contribution in [2.45, 2.75) is 13.5 Å². The molecule has 88 valence electrons. The van der Waals surface area contributed by atoms with Gasteiger partial charge in [0.2, 0.25) is 0 Å². The fraction of sp³-hybridized carbons (Fsp3) is 0.167. The van der Waals surface area contributed by atoms with E-state index in [1.165, 1.54) is 17.3 Å². The van der Waals surface area contributed by atoms with Crippen LogP contribution < -0.4 is 10.0 Å². The van der Waals surface area contributed by atoms with Gasteiger partial charge in [-0.05, 0) is 25.1 Å². The first kappa shape index (κ1) is 11.6.